The van der Waals surface area contributed by atoms with Gasteiger partial charge in [0.1, 0.15) is 0 Å². The molecule has 1 heterocycles. The van der Waals surface area contributed by atoms with Crippen molar-refractivity contribution in [2.45, 2.75) is 32.7 Å². The Morgan fingerprint density at radius 2 is 1.77 bits per heavy atom. The van der Waals surface area contributed by atoms with Crippen molar-refractivity contribution < 1.29 is 19.1 Å². The lowest BCUT2D eigenvalue weighted by molar-refractivity contribution is -0.124. The molecule has 0 aromatic heterocycles. The van der Waals surface area contributed by atoms with Crippen molar-refractivity contribution in [3.8, 4) is 11.5 Å². The molecular weight excluding hydrogens is 334 g/mol. The number of rotatable bonds is 7. The molecule has 7 heteroatoms. The highest BCUT2D eigenvalue weighted by Crippen LogP contribution is 2.25. The molecule has 0 radical (unpaired) electrons. The van der Waals surface area contributed by atoms with Gasteiger partial charge in [-0.1, -0.05) is 12.1 Å². The van der Waals surface area contributed by atoms with Crippen LogP contribution >= 0.6 is 0 Å². The van der Waals surface area contributed by atoms with E-state index >= 15 is 0 Å². The second-order valence-corrected chi connectivity index (χ2v) is 6.22. The number of methoxy groups -OCH3 is 1. The van der Waals surface area contributed by atoms with Gasteiger partial charge in [-0.05, 0) is 38.8 Å². The molecule has 3 amide bonds. The SMILES string of the molecule is CCN(CC)C(=O)N1CCC(NC(=O)COc2ccccc2OC)CC1. The maximum atomic E-state index is 12.3. The number of hydrogen-bond donors (Lipinski definition) is 1. The van der Waals surface area contributed by atoms with E-state index in [0.717, 1.165) is 12.8 Å². The number of nitrogens with zero attached hydrogens (tertiary/aromatic N) is 2. The topological polar surface area (TPSA) is 71.1 Å². The van der Waals surface area contributed by atoms with Gasteiger partial charge in [0.15, 0.2) is 18.1 Å². The maximum absolute atomic E-state index is 12.3. The molecule has 0 bridgehead atoms. The third-order valence-electron chi connectivity index (χ3n) is 4.59. The molecule has 1 fully saturated rings. The van der Waals surface area contributed by atoms with Crippen molar-refractivity contribution in [2.75, 3.05) is 39.9 Å². The Balaban J connectivity index is 1.75. The quantitative estimate of drug-likeness (QED) is 0.805. The van der Waals surface area contributed by atoms with Crippen molar-refractivity contribution in [2.24, 2.45) is 0 Å². The molecule has 1 aromatic carbocycles. The van der Waals surface area contributed by atoms with E-state index in [1.165, 1.54) is 0 Å². The highest BCUT2D eigenvalue weighted by Gasteiger charge is 2.26. The molecule has 1 N–H and O–H groups in total. The lowest BCUT2D eigenvalue weighted by Crippen LogP contribution is -2.51. The first-order valence-corrected chi connectivity index (χ1v) is 9.18. The second kappa shape index (κ2) is 9.89. The van der Waals surface area contributed by atoms with Crippen molar-refractivity contribution in [1.29, 1.82) is 0 Å². The summed E-state index contributed by atoms with van der Waals surface area (Å²) in [6, 6.07) is 7.39. The molecule has 1 aliphatic rings. The smallest absolute Gasteiger partial charge is 0.319 e. The molecular formula is C19H29N3O4. The number of hydrogen-bond acceptors (Lipinski definition) is 4. The number of ether oxygens (including phenoxy) is 2. The van der Waals surface area contributed by atoms with E-state index in [-0.39, 0.29) is 24.6 Å². The third-order valence-corrected chi connectivity index (χ3v) is 4.59. The minimum Gasteiger partial charge on any atom is -0.493 e. The van der Waals surface area contributed by atoms with E-state index < -0.39 is 0 Å². The van der Waals surface area contributed by atoms with Gasteiger partial charge in [-0.2, -0.15) is 0 Å². The molecule has 1 aliphatic heterocycles. The summed E-state index contributed by atoms with van der Waals surface area (Å²) in [5.41, 5.74) is 0. The van der Waals surface area contributed by atoms with Crippen LogP contribution in [-0.4, -0.2) is 67.7 Å². The Morgan fingerprint density at radius 1 is 1.15 bits per heavy atom. The summed E-state index contributed by atoms with van der Waals surface area (Å²) in [6.45, 7) is 6.66. The molecule has 2 rings (SSSR count). The minimum atomic E-state index is -0.163. The number of likely N-dealkylation sites (tertiary alicyclic amines) is 1. The van der Waals surface area contributed by atoms with Crippen LogP contribution in [0.1, 0.15) is 26.7 Å². The lowest BCUT2D eigenvalue weighted by Gasteiger charge is -2.35. The monoisotopic (exact) mass is 363 g/mol. The number of benzene rings is 1. The van der Waals surface area contributed by atoms with Gasteiger partial charge in [-0.25, -0.2) is 4.79 Å². The second-order valence-electron chi connectivity index (χ2n) is 6.22. The fraction of sp³-hybridized carbons (Fsp3) is 0.579. The van der Waals surface area contributed by atoms with Gasteiger partial charge >= 0.3 is 6.03 Å². The molecule has 26 heavy (non-hydrogen) atoms. The maximum Gasteiger partial charge on any atom is 0.319 e. The van der Waals surface area contributed by atoms with Crippen LogP contribution in [-0.2, 0) is 4.79 Å². The number of carbonyl (C=O) groups excluding carboxylic acids is 2. The highest BCUT2D eigenvalue weighted by atomic mass is 16.5. The zero-order valence-corrected chi connectivity index (χ0v) is 15.9. The summed E-state index contributed by atoms with van der Waals surface area (Å²) in [7, 11) is 1.57. The molecule has 0 unspecified atom stereocenters. The molecule has 0 spiro atoms. The molecule has 0 aliphatic carbocycles. The minimum absolute atomic E-state index is 0.0566. The van der Waals surface area contributed by atoms with E-state index in [2.05, 4.69) is 5.32 Å². The van der Waals surface area contributed by atoms with Crippen LogP contribution in [0.25, 0.3) is 0 Å². The van der Waals surface area contributed by atoms with Gasteiger partial charge in [0.05, 0.1) is 7.11 Å². The molecule has 0 atom stereocenters. The number of urea groups is 1. The first kappa shape index (κ1) is 19.9. The fourth-order valence-corrected chi connectivity index (χ4v) is 3.06. The standard InChI is InChI=1S/C19H29N3O4/c1-4-21(5-2)19(24)22-12-10-15(11-13-22)20-18(23)14-26-17-9-7-6-8-16(17)25-3/h6-9,15H,4-5,10-14H2,1-3H3,(H,20,23). The van der Waals surface area contributed by atoms with Gasteiger partial charge in [-0.15, -0.1) is 0 Å². The van der Waals surface area contributed by atoms with Gasteiger partial charge in [-0.3, -0.25) is 4.79 Å². The lowest BCUT2D eigenvalue weighted by atomic mass is 10.1. The number of piperidine rings is 1. The summed E-state index contributed by atoms with van der Waals surface area (Å²) < 4.78 is 10.7. The third kappa shape index (κ3) is 5.28. The number of carbonyl (C=O) groups is 2. The van der Waals surface area contributed by atoms with Crippen LogP contribution in [0.5, 0.6) is 11.5 Å². The Hall–Kier alpha value is -2.44. The molecule has 7 nitrogen and oxygen atoms in total. The fourth-order valence-electron chi connectivity index (χ4n) is 3.06. The zero-order valence-electron chi connectivity index (χ0n) is 15.9. The van der Waals surface area contributed by atoms with Gasteiger partial charge < -0.3 is 24.6 Å². The summed E-state index contributed by atoms with van der Waals surface area (Å²) >= 11 is 0. The van der Waals surface area contributed by atoms with Crippen molar-refractivity contribution in [3.63, 3.8) is 0 Å². The Kier molecular flexibility index (Phi) is 7.56. The molecule has 144 valence electrons. The average molecular weight is 363 g/mol. The first-order valence-electron chi connectivity index (χ1n) is 9.18. The molecule has 0 saturated carbocycles. The number of nitrogens with one attached hydrogen (secondary N) is 1. The van der Waals surface area contributed by atoms with Crippen molar-refractivity contribution in [3.05, 3.63) is 24.3 Å². The van der Waals surface area contributed by atoms with Crippen LogP contribution in [0.2, 0.25) is 0 Å². The van der Waals surface area contributed by atoms with Crippen molar-refractivity contribution >= 4 is 11.9 Å². The van der Waals surface area contributed by atoms with Crippen LogP contribution in [0, 0.1) is 0 Å². The van der Waals surface area contributed by atoms with E-state index in [4.69, 9.17) is 9.47 Å². The normalized spacial score (nSPS) is 14.7. The van der Waals surface area contributed by atoms with Crippen LogP contribution < -0.4 is 14.8 Å². The van der Waals surface area contributed by atoms with Crippen LogP contribution in [0.15, 0.2) is 24.3 Å². The summed E-state index contributed by atoms with van der Waals surface area (Å²) in [6.07, 6.45) is 1.51. The van der Waals surface area contributed by atoms with Gasteiger partial charge in [0.25, 0.3) is 5.91 Å². The summed E-state index contributed by atoms with van der Waals surface area (Å²) in [5, 5.41) is 2.99. The van der Waals surface area contributed by atoms with E-state index in [9.17, 15) is 9.59 Å². The zero-order chi connectivity index (χ0) is 18.9. The predicted octanol–water partition coefficient (Wildman–Crippen LogP) is 2.12. The van der Waals surface area contributed by atoms with E-state index in [0.29, 0.717) is 37.7 Å². The predicted molar refractivity (Wildman–Crippen MR) is 99.5 cm³/mol. The van der Waals surface area contributed by atoms with E-state index in [1.807, 2.05) is 35.8 Å². The Bertz CT molecular complexity index is 596. The summed E-state index contributed by atoms with van der Waals surface area (Å²) in [5.74, 6) is 0.984. The van der Waals surface area contributed by atoms with Gasteiger partial charge in [0.2, 0.25) is 0 Å². The Morgan fingerprint density at radius 3 is 2.35 bits per heavy atom. The summed E-state index contributed by atoms with van der Waals surface area (Å²) in [4.78, 5) is 28.2. The number of amides is 3. The Labute approximate surface area is 155 Å². The first-order chi connectivity index (χ1) is 12.6. The van der Waals surface area contributed by atoms with Crippen LogP contribution in [0.3, 0.4) is 0 Å². The van der Waals surface area contributed by atoms with Crippen LogP contribution in [0.4, 0.5) is 4.79 Å². The highest BCUT2D eigenvalue weighted by molar-refractivity contribution is 5.78. The largest absolute Gasteiger partial charge is 0.493 e. The van der Waals surface area contributed by atoms with E-state index in [1.54, 1.807) is 19.2 Å². The molecule has 1 saturated heterocycles. The average Bonchev–Trinajstić information content (AvgIpc) is 2.68. The number of para-hydroxylation sites is 2. The van der Waals surface area contributed by atoms with Crippen molar-refractivity contribution in [1.82, 2.24) is 15.1 Å². The molecule has 1 aromatic rings. The van der Waals surface area contributed by atoms with Gasteiger partial charge in [0, 0.05) is 32.2 Å².